The van der Waals surface area contributed by atoms with Gasteiger partial charge in [0.25, 0.3) is 16.0 Å². The maximum atomic E-state index is 12.2. The molecule has 0 heterocycles. The highest BCUT2D eigenvalue weighted by molar-refractivity contribution is 7.85. The molecule has 0 radical (unpaired) electrons. The van der Waals surface area contributed by atoms with E-state index in [0.29, 0.717) is 28.3 Å². The Bertz CT molecular complexity index is 1110. The Kier molecular flexibility index (Phi) is 5.48. The summed E-state index contributed by atoms with van der Waals surface area (Å²) in [6.45, 7) is 0. The van der Waals surface area contributed by atoms with Gasteiger partial charge < -0.3 is 11.1 Å². The zero-order chi connectivity index (χ0) is 20.1. The Balaban J connectivity index is 1.64. The van der Waals surface area contributed by atoms with E-state index in [1.54, 1.807) is 48.5 Å². The van der Waals surface area contributed by atoms with Gasteiger partial charge in [0.15, 0.2) is 0 Å². The standard InChI is InChI=1S/C19H16N4O4S/c20-14-3-1-13(2-4-14)19(24)21-15-5-7-16(8-6-15)22-23-17-9-11-18(12-10-17)28(25,26)27/h1-12H,20H2,(H,21,24)(H,25,26,27). The number of hydrogen-bond donors (Lipinski definition) is 3. The lowest BCUT2D eigenvalue weighted by Crippen LogP contribution is -2.11. The smallest absolute Gasteiger partial charge is 0.294 e. The van der Waals surface area contributed by atoms with Crippen molar-refractivity contribution in [2.24, 2.45) is 10.2 Å². The SMILES string of the molecule is Nc1ccc(C(=O)Nc2ccc(N=Nc3ccc(S(=O)(=O)O)cc3)cc2)cc1. The van der Waals surface area contributed by atoms with Gasteiger partial charge in [-0.2, -0.15) is 18.6 Å². The van der Waals surface area contributed by atoms with E-state index >= 15 is 0 Å². The number of anilines is 2. The van der Waals surface area contributed by atoms with Crippen molar-refractivity contribution in [3.63, 3.8) is 0 Å². The van der Waals surface area contributed by atoms with E-state index in [1.807, 2.05) is 0 Å². The third kappa shape index (κ3) is 5.00. The molecule has 0 atom stereocenters. The third-order valence-electron chi connectivity index (χ3n) is 3.71. The lowest BCUT2D eigenvalue weighted by atomic mass is 10.2. The fourth-order valence-corrected chi connectivity index (χ4v) is 2.73. The zero-order valence-corrected chi connectivity index (χ0v) is 15.3. The van der Waals surface area contributed by atoms with Crippen LogP contribution in [0.2, 0.25) is 0 Å². The molecule has 3 aromatic rings. The average molecular weight is 396 g/mol. The topological polar surface area (TPSA) is 134 Å². The Morgan fingerprint density at radius 2 is 1.32 bits per heavy atom. The molecule has 28 heavy (non-hydrogen) atoms. The maximum Gasteiger partial charge on any atom is 0.294 e. The first-order valence-corrected chi connectivity index (χ1v) is 9.51. The van der Waals surface area contributed by atoms with Gasteiger partial charge in [0, 0.05) is 16.9 Å². The van der Waals surface area contributed by atoms with Crippen molar-refractivity contribution >= 4 is 38.8 Å². The van der Waals surface area contributed by atoms with E-state index in [2.05, 4.69) is 15.5 Å². The maximum absolute atomic E-state index is 12.2. The molecule has 0 aliphatic carbocycles. The molecule has 8 nitrogen and oxygen atoms in total. The minimum Gasteiger partial charge on any atom is -0.399 e. The highest BCUT2D eigenvalue weighted by atomic mass is 32.2. The van der Waals surface area contributed by atoms with Crippen molar-refractivity contribution < 1.29 is 17.8 Å². The molecular formula is C19H16N4O4S. The number of benzene rings is 3. The van der Waals surface area contributed by atoms with E-state index < -0.39 is 10.1 Å². The number of hydrogen-bond acceptors (Lipinski definition) is 6. The molecule has 0 saturated carbocycles. The lowest BCUT2D eigenvalue weighted by Gasteiger charge is -2.05. The number of amides is 1. The predicted octanol–water partition coefficient (Wildman–Crippen LogP) is 4.18. The van der Waals surface area contributed by atoms with Crippen LogP contribution in [-0.4, -0.2) is 18.9 Å². The number of nitrogens with one attached hydrogen (secondary N) is 1. The minimum atomic E-state index is -4.24. The zero-order valence-electron chi connectivity index (χ0n) is 14.5. The minimum absolute atomic E-state index is 0.215. The van der Waals surface area contributed by atoms with E-state index in [-0.39, 0.29) is 10.8 Å². The van der Waals surface area contributed by atoms with Crippen LogP contribution in [0.15, 0.2) is 87.9 Å². The van der Waals surface area contributed by atoms with Gasteiger partial charge in [-0.3, -0.25) is 9.35 Å². The number of rotatable bonds is 5. The Morgan fingerprint density at radius 1 is 0.821 bits per heavy atom. The first-order valence-electron chi connectivity index (χ1n) is 8.07. The summed E-state index contributed by atoms with van der Waals surface area (Å²) in [5, 5.41) is 10.8. The summed E-state index contributed by atoms with van der Waals surface area (Å²) in [7, 11) is -4.24. The van der Waals surface area contributed by atoms with Crippen molar-refractivity contribution in [3.8, 4) is 0 Å². The van der Waals surface area contributed by atoms with Gasteiger partial charge in [0.2, 0.25) is 0 Å². The molecule has 0 aliphatic heterocycles. The normalized spacial score (nSPS) is 11.5. The second-order valence-corrected chi connectivity index (χ2v) is 7.21. The summed E-state index contributed by atoms with van der Waals surface area (Å²) >= 11 is 0. The fourth-order valence-electron chi connectivity index (χ4n) is 2.25. The molecular weight excluding hydrogens is 380 g/mol. The second kappa shape index (κ2) is 7.99. The van der Waals surface area contributed by atoms with Crippen LogP contribution in [0, 0.1) is 0 Å². The number of nitrogens with zero attached hydrogens (tertiary/aromatic N) is 2. The van der Waals surface area contributed by atoms with Gasteiger partial charge >= 0.3 is 0 Å². The van der Waals surface area contributed by atoms with E-state index in [1.165, 1.54) is 24.3 Å². The number of nitrogens with two attached hydrogens (primary N) is 1. The number of azo groups is 1. The highest BCUT2D eigenvalue weighted by Gasteiger charge is 2.08. The number of carbonyl (C=O) groups excluding carboxylic acids is 1. The summed E-state index contributed by atoms with van der Waals surface area (Å²) in [5.41, 5.74) is 8.24. The summed E-state index contributed by atoms with van der Waals surface area (Å²) in [5.74, 6) is -0.256. The molecule has 0 unspecified atom stereocenters. The van der Waals surface area contributed by atoms with E-state index in [4.69, 9.17) is 10.3 Å². The Morgan fingerprint density at radius 3 is 1.82 bits per heavy atom. The van der Waals surface area contributed by atoms with Crippen LogP contribution < -0.4 is 11.1 Å². The molecule has 0 saturated heterocycles. The molecule has 3 rings (SSSR count). The summed E-state index contributed by atoms with van der Waals surface area (Å²) in [6, 6.07) is 18.6. The van der Waals surface area contributed by atoms with Gasteiger partial charge in [0.1, 0.15) is 0 Å². The molecule has 0 aliphatic rings. The van der Waals surface area contributed by atoms with Gasteiger partial charge in [-0.25, -0.2) is 0 Å². The number of nitrogen functional groups attached to an aromatic ring is 1. The molecule has 1 amide bonds. The van der Waals surface area contributed by atoms with Crippen LogP contribution in [0.1, 0.15) is 10.4 Å². The first kappa shape index (κ1) is 19.2. The largest absolute Gasteiger partial charge is 0.399 e. The lowest BCUT2D eigenvalue weighted by molar-refractivity contribution is 0.102. The molecule has 142 valence electrons. The number of carbonyl (C=O) groups is 1. The van der Waals surface area contributed by atoms with Crippen LogP contribution >= 0.6 is 0 Å². The van der Waals surface area contributed by atoms with Crippen LogP contribution in [0.4, 0.5) is 22.7 Å². The van der Waals surface area contributed by atoms with E-state index in [0.717, 1.165) is 0 Å². The monoisotopic (exact) mass is 396 g/mol. The van der Waals surface area contributed by atoms with Gasteiger partial charge in [-0.1, -0.05) is 0 Å². The molecule has 3 aromatic carbocycles. The van der Waals surface area contributed by atoms with Crippen molar-refractivity contribution in [1.82, 2.24) is 0 Å². The van der Waals surface area contributed by atoms with Crippen LogP contribution in [-0.2, 0) is 10.1 Å². The quantitative estimate of drug-likeness (QED) is 0.338. The average Bonchev–Trinajstić information content (AvgIpc) is 2.67. The molecule has 4 N–H and O–H groups in total. The summed E-state index contributed by atoms with van der Waals surface area (Å²) in [4.78, 5) is 11.9. The molecule has 9 heteroatoms. The van der Waals surface area contributed by atoms with Gasteiger partial charge in [0.05, 0.1) is 16.3 Å². The fraction of sp³-hybridized carbons (Fsp3) is 0. The first-order chi connectivity index (χ1) is 13.3. The molecule has 0 spiro atoms. The van der Waals surface area contributed by atoms with Crippen molar-refractivity contribution in [3.05, 3.63) is 78.4 Å². The Hall–Kier alpha value is -3.56. The predicted molar refractivity (Wildman–Crippen MR) is 106 cm³/mol. The summed E-state index contributed by atoms with van der Waals surface area (Å²) < 4.78 is 31.0. The van der Waals surface area contributed by atoms with Crippen LogP contribution in [0.25, 0.3) is 0 Å². The van der Waals surface area contributed by atoms with Crippen LogP contribution in [0.5, 0.6) is 0 Å². The van der Waals surface area contributed by atoms with Crippen molar-refractivity contribution in [2.75, 3.05) is 11.1 Å². The molecule has 0 fully saturated rings. The van der Waals surface area contributed by atoms with E-state index in [9.17, 15) is 13.2 Å². The second-order valence-electron chi connectivity index (χ2n) is 5.79. The van der Waals surface area contributed by atoms with Crippen molar-refractivity contribution in [2.45, 2.75) is 4.90 Å². The van der Waals surface area contributed by atoms with Crippen LogP contribution in [0.3, 0.4) is 0 Å². The summed E-state index contributed by atoms with van der Waals surface area (Å²) in [6.07, 6.45) is 0. The van der Waals surface area contributed by atoms with Gasteiger partial charge in [-0.05, 0) is 72.8 Å². The van der Waals surface area contributed by atoms with Crippen molar-refractivity contribution in [1.29, 1.82) is 0 Å². The highest BCUT2D eigenvalue weighted by Crippen LogP contribution is 2.22. The molecule has 0 bridgehead atoms. The third-order valence-corrected chi connectivity index (χ3v) is 4.58. The Labute approximate surface area is 161 Å². The molecule has 0 aromatic heterocycles. The van der Waals surface area contributed by atoms with Gasteiger partial charge in [-0.15, -0.1) is 0 Å².